The molecule has 0 spiro atoms. The molecule has 0 bridgehead atoms. The fraction of sp³-hybridized carbons (Fsp3) is 0.800. The van der Waals surface area contributed by atoms with E-state index in [0.717, 1.165) is 6.42 Å². The van der Waals surface area contributed by atoms with Gasteiger partial charge in [-0.25, -0.2) is 0 Å². The zero-order chi connectivity index (χ0) is 11.8. The third-order valence-corrected chi connectivity index (χ3v) is 2.40. The van der Waals surface area contributed by atoms with E-state index in [9.17, 15) is 9.59 Å². The largest absolute Gasteiger partial charge is 0.383 e. The summed E-state index contributed by atoms with van der Waals surface area (Å²) in [4.78, 5) is 22.3. The summed E-state index contributed by atoms with van der Waals surface area (Å²) in [7, 11) is 1.62. The Hall–Kier alpha value is -1.14. The van der Waals surface area contributed by atoms with Gasteiger partial charge < -0.3 is 20.7 Å². The molecule has 1 aliphatic heterocycles. The van der Waals surface area contributed by atoms with E-state index in [4.69, 9.17) is 4.74 Å². The first-order valence-electron chi connectivity index (χ1n) is 5.48. The van der Waals surface area contributed by atoms with Gasteiger partial charge >= 0.3 is 0 Å². The van der Waals surface area contributed by atoms with E-state index in [1.54, 1.807) is 7.11 Å². The van der Waals surface area contributed by atoms with Crippen LogP contribution in [0, 0.1) is 0 Å². The molecule has 1 rings (SSSR count). The van der Waals surface area contributed by atoms with Crippen LogP contribution in [0.25, 0.3) is 0 Å². The van der Waals surface area contributed by atoms with Crippen LogP contribution in [-0.4, -0.2) is 51.2 Å². The van der Waals surface area contributed by atoms with Gasteiger partial charge in [-0.15, -0.1) is 0 Å². The Bertz CT molecular complexity index is 235. The van der Waals surface area contributed by atoms with Crippen LogP contribution in [0.2, 0.25) is 0 Å². The van der Waals surface area contributed by atoms with Gasteiger partial charge in [0.1, 0.15) is 0 Å². The van der Waals surface area contributed by atoms with Crippen molar-refractivity contribution in [3.8, 4) is 0 Å². The number of methoxy groups -OCH3 is 1. The average Bonchev–Trinajstić information content (AvgIpc) is 2.28. The lowest BCUT2D eigenvalue weighted by Gasteiger charge is -2.23. The van der Waals surface area contributed by atoms with Gasteiger partial charge in [-0.1, -0.05) is 0 Å². The first-order chi connectivity index (χ1) is 7.72. The summed E-state index contributed by atoms with van der Waals surface area (Å²) in [6.07, 6.45) is 1.21. The average molecular weight is 229 g/mol. The highest BCUT2D eigenvalue weighted by Gasteiger charge is 2.18. The second kappa shape index (κ2) is 7.19. The highest BCUT2D eigenvalue weighted by molar-refractivity contribution is 5.80. The number of nitrogens with one attached hydrogen (secondary N) is 3. The summed E-state index contributed by atoms with van der Waals surface area (Å²) in [5.74, 6) is 0.0148. The van der Waals surface area contributed by atoms with Gasteiger partial charge in [0.15, 0.2) is 0 Å². The van der Waals surface area contributed by atoms with Gasteiger partial charge in [0.2, 0.25) is 11.8 Å². The Balaban J connectivity index is 2.07. The molecule has 3 N–H and O–H groups in total. The monoisotopic (exact) mass is 229 g/mol. The third-order valence-electron chi connectivity index (χ3n) is 2.40. The number of carbonyl (C=O) groups is 2. The number of amides is 2. The number of hydrogen-bond acceptors (Lipinski definition) is 4. The maximum absolute atomic E-state index is 11.4. The molecule has 6 nitrogen and oxygen atoms in total. The molecule has 1 saturated heterocycles. The van der Waals surface area contributed by atoms with Crippen LogP contribution in [0.4, 0.5) is 0 Å². The van der Waals surface area contributed by atoms with Gasteiger partial charge in [-0.3, -0.25) is 9.59 Å². The molecule has 0 radical (unpaired) electrons. The second-order valence-electron chi connectivity index (χ2n) is 3.78. The maximum atomic E-state index is 11.4. The molecule has 1 aliphatic rings. The van der Waals surface area contributed by atoms with Crippen molar-refractivity contribution in [2.45, 2.75) is 18.9 Å². The Kier molecular flexibility index (Phi) is 5.81. The molecule has 2 amide bonds. The third kappa shape index (κ3) is 5.09. The Labute approximate surface area is 95.1 Å². The van der Waals surface area contributed by atoms with Crippen LogP contribution in [0.1, 0.15) is 12.8 Å². The van der Waals surface area contributed by atoms with Crippen molar-refractivity contribution >= 4 is 11.8 Å². The SMILES string of the molecule is COCCNCC(=O)NC1CCC(=O)NC1. The standard InChI is InChI=1S/C10H19N3O3/c1-16-5-4-11-7-10(15)13-8-2-3-9(14)12-6-8/h8,11H,2-7H2,1H3,(H,12,14)(H,13,15). The Morgan fingerprint density at radius 1 is 1.62 bits per heavy atom. The molecule has 1 unspecified atom stereocenters. The first-order valence-corrected chi connectivity index (χ1v) is 5.48. The molecule has 6 heteroatoms. The number of piperidine rings is 1. The van der Waals surface area contributed by atoms with Crippen molar-refractivity contribution in [1.29, 1.82) is 0 Å². The highest BCUT2D eigenvalue weighted by Crippen LogP contribution is 2.01. The van der Waals surface area contributed by atoms with Crippen molar-refractivity contribution < 1.29 is 14.3 Å². The molecule has 92 valence electrons. The van der Waals surface area contributed by atoms with E-state index in [-0.39, 0.29) is 24.4 Å². The van der Waals surface area contributed by atoms with E-state index in [1.807, 2.05) is 0 Å². The second-order valence-corrected chi connectivity index (χ2v) is 3.78. The Morgan fingerprint density at radius 2 is 2.44 bits per heavy atom. The van der Waals surface area contributed by atoms with Crippen LogP contribution in [-0.2, 0) is 14.3 Å². The van der Waals surface area contributed by atoms with Gasteiger partial charge in [-0.05, 0) is 6.42 Å². The van der Waals surface area contributed by atoms with Crippen LogP contribution < -0.4 is 16.0 Å². The number of hydrogen-bond donors (Lipinski definition) is 3. The summed E-state index contributed by atoms with van der Waals surface area (Å²) in [5.41, 5.74) is 0. The Morgan fingerprint density at radius 3 is 3.06 bits per heavy atom. The van der Waals surface area contributed by atoms with Crippen molar-refractivity contribution in [1.82, 2.24) is 16.0 Å². The normalized spacial score (nSPS) is 20.3. The van der Waals surface area contributed by atoms with Crippen molar-refractivity contribution in [2.75, 3.05) is 33.4 Å². The molecule has 0 aromatic rings. The highest BCUT2D eigenvalue weighted by atomic mass is 16.5. The van der Waals surface area contributed by atoms with Gasteiger partial charge in [-0.2, -0.15) is 0 Å². The van der Waals surface area contributed by atoms with Crippen LogP contribution in [0.5, 0.6) is 0 Å². The zero-order valence-electron chi connectivity index (χ0n) is 9.54. The van der Waals surface area contributed by atoms with Gasteiger partial charge in [0, 0.05) is 32.7 Å². The lowest BCUT2D eigenvalue weighted by molar-refractivity contribution is -0.125. The molecule has 1 fully saturated rings. The zero-order valence-corrected chi connectivity index (χ0v) is 9.54. The number of carbonyl (C=O) groups excluding carboxylic acids is 2. The molecule has 0 aromatic carbocycles. The maximum Gasteiger partial charge on any atom is 0.234 e. The number of rotatable bonds is 6. The summed E-state index contributed by atoms with van der Waals surface area (Å²) in [5, 5.41) is 8.54. The van der Waals surface area contributed by atoms with E-state index < -0.39 is 0 Å². The summed E-state index contributed by atoms with van der Waals surface area (Å²) >= 11 is 0. The quantitative estimate of drug-likeness (QED) is 0.490. The van der Waals surface area contributed by atoms with E-state index in [1.165, 1.54) is 0 Å². The lowest BCUT2D eigenvalue weighted by atomic mass is 10.1. The van der Waals surface area contributed by atoms with Crippen LogP contribution >= 0.6 is 0 Å². The minimum atomic E-state index is -0.0442. The van der Waals surface area contributed by atoms with E-state index in [0.29, 0.717) is 26.1 Å². The molecular weight excluding hydrogens is 210 g/mol. The van der Waals surface area contributed by atoms with Crippen molar-refractivity contribution in [3.05, 3.63) is 0 Å². The summed E-state index contributed by atoms with van der Waals surface area (Å²) in [6.45, 7) is 2.06. The van der Waals surface area contributed by atoms with Crippen LogP contribution in [0.15, 0.2) is 0 Å². The fourth-order valence-electron chi connectivity index (χ4n) is 1.51. The summed E-state index contributed by atoms with van der Waals surface area (Å²) in [6, 6.07) is 0.0643. The topological polar surface area (TPSA) is 79.5 Å². The minimum absolute atomic E-state index is 0.0442. The molecule has 0 saturated carbocycles. The van der Waals surface area contributed by atoms with Crippen molar-refractivity contribution in [3.63, 3.8) is 0 Å². The molecule has 1 heterocycles. The molecule has 0 aliphatic carbocycles. The molecular formula is C10H19N3O3. The molecule has 16 heavy (non-hydrogen) atoms. The van der Waals surface area contributed by atoms with Crippen LogP contribution in [0.3, 0.4) is 0 Å². The smallest absolute Gasteiger partial charge is 0.234 e. The minimum Gasteiger partial charge on any atom is -0.383 e. The fourth-order valence-corrected chi connectivity index (χ4v) is 1.51. The number of ether oxygens (including phenoxy) is 1. The first kappa shape index (κ1) is 12.9. The van der Waals surface area contributed by atoms with E-state index in [2.05, 4.69) is 16.0 Å². The van der Waals surface area contributed by atoms with Gasteiger partial charge in [0.25, 0.3) is 0 Å². The van der Waals surface area contributed by atoms with Crippen molar-refractivity contribution in [2.24, 2.45) is 0 Å². The predicted octanol–water partition coefficient (Wildman–Crippen LogP) is -1.38. The molecule has 1 atom stereocenters. The molecule has 0 aromatic heterocycles. The summed E-state index contributed by atoms with van der Waals surface area (Å²) < 4.78 is 4.84. The van der Waals surface area contributed by atoms with E-state index >= 15 is 0 Å². The van der Waals surface area contributed by atoms with Gasteiger partial charge in [0.05, 0.1) is 13.2 Å². The lowest BCUT2D eigenvalue weighted by Crippen LogP contribution is -2.49. The predicted molar refractivity (Wildman–Crippen MR) is 58.9 cm³/mol.